The monoisotopic (exact) mass is 495 g/mol. The van der Waals surface area contributed by atoms with E-state index in [1.165, 1.54) is 12.1 Å². The first kappa shape index (κ1) is 24.3. The molecular weight excluding hydrogens is 469 g/mol. The fourth-order valence-corrected chi connectivity index (χ4v) is 4.08. The third kappa shape index (κ3) is 5.40. The molecule has 0 saturated carbocycles. The van der Waals surface area contributed by atoms with E-state index in [0.29, 0.717) is 34.4 Å². The number of halogens is 1. The van der Waals surface area contributed by atoms with Crippen molar-refractivity contribution in [2.24, 2.45) is 0 Å². The number of aliphatic hydroxyl groups is 2. The Bertz CT molecular complexity index is 1490. The molecule has 37 heavy (non-hydrogen) atoms. The van der Waals surface area contributed by atoms with Gasteiger partial charge >= 0.3 is 0 Å². The SMILES string of the molecule is C[C@H](Nc1nccc(-n2cc(-c3cccc(C(O)CO)c3)nc2-c2ccc(F)cc2)n1)c1ccccc1. The van der Waals surface area contributed by atoms with Crippen molar-refractivity contribution >= 4 is 5.95 Å². The Morgan fingerprint density at radius 2 is 1.65 bits per heavy atom. The Kier molecular flexibility index (Phi) is 7.02. The Hall–Kier alpha value is -4.40. The normalized spacial score (nSPS) is 12.8. The Balaban J connectivity index is 1.55. The zero-order chi connectivity index (χ0) is 25.8. The average Bonchev–Trinajstić information content (AvgIpc) is 3.39. The van der Waals surface area contributed by atoms with Gasteiger partial charge in [0.05, 0.1) is 18.3 Å². The van der Waals surface area contributed by atoms with Crippen LogP contribution in [0.5, 0.6) is 0 Å². The molecule has 0 saturated heterocycles. The van der Waals surface area contributed by atoms with Gasteiger partial charge in [-0.15, -0.1) is 0 Å². The summed E-state index contributed by atoms with van der Waals surface area (Å²) in [4.78, 5) is 14.0. The predicted molar refractivity (Wildman–Crippen MR) is 141 cm³/mol. The predicted octanol–water partition coefficient (Wildman–Crippen LogP) is 5.33. The molecule has 8 heteroatoms. The van der Waals surface area contributed by atoms with E-state index in [1.807, 2.05) is 54.1 Å². The molecule has 0 fully saturated rings. The van der Waals surface area contributed by atoms with Gasteiger partial charge in [0.25, 0.3) is 0 Å². The molecule has 0 amide bonds. The summed E-state index contributed by atoms with van der Waals surface area (Å²) in [5.74, 6) is 1.28. The quantitative estimate of drug-likeness (QED) is 0.269. The molecule has 0 radical (unpaired) electrons. The standard InChI is InChI=1S/C29H26FN5O2/c1-19(20-6-3-2-4-7-20)32-29-31-15-14-27(34-29)35-17-25(22-8-5-9-23(16-22)26(37)18-36)33-28(35)21-10-12-24(30)13-11-21/h2-17,19,26,36-37H,18H2,1H3,(H,31,32,34)/t19-,26?/m0/s1. The minimum atomic E-state index is -0.985. The van der Waals surface area contributed by atoms with Crippen LogP contribution in [0.2, 0.25) is 0 Å². The van der Waals surface area contributed by atoms with Crippen LogP contribution in [0.4, 0.5) is 10.3 Å². The Morgan fingerprint density at radius 3 is 2.41 bits per heavy atom. The maximum Gasteiger partial charge on any atom is 0.225 e. The smallest absolute Gasteiger partial charge is 0.225 e. The van der Waals surface area contributed by atoms with Crippen molar-refractivity contribution < 1.29 is 14.6 Å². The molecule has 3 aromatic carbocycles. The largest absolute Gasteiger partial charge is 0.393 e. The van der Waals surface area contributed by atoms with Crippen LogP contribution in [0, 0.1) is 5.82 Å². The highest BCUT2D eigenvalue weighted by atomic mass is 19.1. The molecule has 0 bridgehead atoms. The van der Waals surface area contributed by atoms with E-state index in [0.717, 1.165) is 11.1 Å². The zero-order valence-corrected chi connectivity index (χ0v) is 20.2. The van der Waals surface area contributed by atoms with Gasteiger partial charge in [0.1, 0.15) is 23.6 Å². The van der Waals surface area contributed by atoms with E-state index in [4.69, 9.17) is 9.97 Å². The summed E-state index contributed by atoms with van der Waals surface area (Å²) >= 11 is 0. The third-order valence-electron chi connectivity index (χ3n) is 6.08. The van der Waals surface area contributed by atoms with Gasteiger partial charge in [-0.3, -0.25) is 4.57 Å². The van der Waals surface area contributed by atoms with Gasteiger partial charge in [0.15, 0.2) is 0 Å². The number of aromatic nitrogens is 4. The van der Waals surface area contributed by atoms with Crippen LogP contribution in [0.15, 0.2) is 97.3 Å². The highest BCUT2D eigenvalue weighted by Crippen LogP contribution is 2.29. The number of aliphatic hydroxyl groups excluding tert-OH is 2. The van der Waals surface area contributed by atoms with E-state index in [2.05, 4.69) is 10.3 Å². The number of nitrogens with one attached hydrogen (secondary N) is 1. The molecule has 0 aliphatic rings. The number of imidazole rings is 1. The molecule has 1 unspecified atom stereocenters. The summed E-state index contributed by atoms with van der Waals surface area (Å²) in [6, 6.07) is 25.1. The zero-order valence-electron chi connectivity index (χ0n) is 20.2. The van der Waals surface area contributed by atoms with Gasteiger partial charge in [0.2, 0.25) is 5.95 Å². The maximum absolute atomic E-state index is 13.7. The lowest BCUT2D eigenvalue weighted by Crippen LogP contribution is -2.10. The van der Waals surface area contributed by atoms with Crippen LogP contribution >= 0.6 is 0 Å². The fourth-order valence-electron chi connectivity index (χ4n) is 4.08. The molecule has 2 heterocycles. The number of nitrogens with zero attached hydrogens (tertiary/aromatic N) is 4. The summed E-state index contributed by atoms with van der Waals surface area (Å²) in [6.07, 6.45) is 2.53. The summed E-state index contributed by atoms with van der Waals surface area (Å²) in [5, 5.41) is 22.8. The first-order valence-corrected chi connectivity index (χ1v) is 11.9. The third-order valence-corrected chi connectivity index (χ3v) is 6.08. The first-order chi connectivity index (χ1) is 18.0. The number of hydrogen-bond acceptors (Lipinski definition) is 6. The van der Waals surface area contributed by atoms with E-state index >= 15 is 0 Å². The van der Waals surface area contributed by atoms with Gasteiger partial charge in [-0.25, -0.2) is 14.4 Å². The van der Waals surface area contributed by atoms with Crippen molar-refractivity contribution in [2.75, 3.05) is 11.9 Å². The molecule has 2 aromatic heterocycles. The molecule has 3 N–H and O–H groups in total. The van der Waals surface area contributed by atoms with Crippen molar-refractivity contribution in [3.05, 3.63) is 114 Å². The topological polar surface area (TPSA) is 96.1 Å². The van der Waals surface area contributed by atoms with Gasteiger partial charge < -0.3 is 15.5 Å². The van der Waals surface area contributed by atoms with Crippen LogP contribution in [-0.4, -0.2) is 36.3 Å². The molecule has 186 valence electrons. The van der Waals surface area contributed by atoms with Crippen LogP contribution < -0.4 is 5.32 Å². The van der Waals surface area contributed by atoms with Crippen LogP contribution in [0.1, 0.15) is 30.2 Å². The molecule has 0 aliphatic heterocycles. The van der Waals surface area contributed by atoms with Crippen molar-refractivity contribution in [3.63, 3.8) is 0 Å². The van der Waals surface area contributed by atoms with Crippen molar-refractivity contribution in [3.8, 4) is 28.5 Å². The fraction of sp³-hybridized carbons (Fsp3) is 0.138. The number of hydrogen-bond donors (Lipinski definition) is 3. The number of rotatable bonds is 8. The van der Waals surface area contributed by atoms with Crippen molar-refractivity contribution in [1.82, 2.24) is 19.5 Å². The van der Waals surface area contributed by atoms with Gasteiger partial charge in [0, 0.05) is 23.5 Å². The molecule has 5 rings (SSSR count). The lowest BCUT2D eigenvalue weighted by Gasteiger charge is -2.15. The highest BCUT2D eigenvalue weighted by molar-refractivity contribution is 5.67. The van der Waals surface area contributed by atoms with E-state index in [-0.39, 0.29) is 18.5 Å². The molecule has 0 aliphatic carbocycles. The van der Waals surface area contributed by atoms with Crippen LogP contribution in [0.25, 0.3) is 28.5 Å². The minimum Gasteiger partial charge on any atom is -0.393 e. The van der Waals surface area contributed by atoms with Crippen LogP contribution in [0.3, 0.4) is 0 Å². The lowest BCUT2D eigenvalue weighted by atomic mass is 10.1. The van der Waals surface area contributed by atoms with Gasteiger partial charge in [-0.1, -0.05) is 48.5 Å². The van der Waals surface area contributed by atoms with Crippen molar-refractivity contribution in [2.45, 2.75) is 19.1 Å². The summed E-state index contributed by atoms with van der Waals surface area (Å²) < 4.78 is 15.5. The summed E-state index contributed by atoms with van der Waals surface area (Å²) in [6.45, 7) is 1.66. The van der Waals surface area contributed by atoms with Gasteiger partial charge in [-0.2, -0.15) is 4.98 Å². The summed E-state index contributed by atoms with van der Waals surface area (Å²) in [5.41, 5.74) is 3.80. The van der Waals surface area contributed by atoms with Gasteiger partial charge in [-0.05, 0) is 54.4 Å². The molecule has 0 spiro atoms. The summed E-state index contributed by atoms with van der Waals surface area (Å²) in [7, 11) is 0. The Labute approximate surface area is 214 Å². The average molecular weight is 496 g/mol. The second-order valence-corrected chi connectivity index (χ2v) is 8.67. The first-order valence-electron chi connectivity index (χ1n) is 11.9. The minimum absolute atomic E-state index is 0.00735. The number of benzene rings is 3. The molecule has 7 nitrogen and oxygen atoms in total. The highest BCUT2D eigenvalue weighted by Gasteiger charge is 2.17. The van der Waals surface area contributed by atoms with Crippen LogP contribution in [-0.2, 0) is 0 Å². The van der Waals surface area contributed by atoms with E-state index < -0.39 is 6.10 Å². The second kappa shape index (κ2) is 10.7. The molecule has 5 aromatic rings. The number of anilines is 1. The van der Waals surface area contributed by atoms with E-state index in [1.54, 1.807) is 42.6 Å². The van der Waals surface area contributed by atoms with E-state index in [9.17, 15) is 14.6 Å². The Morgan fingerprint density at radius 1 is 0.892 bits per heavy atom. The maximum atomic E-state index is 13.7. The second-order valence-electron chi connectivity index (χ2n) is 8.67. The van der Waals surface area contributed by atoms with Crippen molar-refractivity contribution in [1.29, 1.82) is 0 Å². The molecular formula is C29H26FN5O2. The molecule has 2 atom stereocenters. The lowest BCUT2D eigenvalue weighted by molar-refractivity contribution is 0.0956.